The van der Waals surface area contributed by atoms with Crippen molar-refractivity contribution in [2.75, 3.05) is 6.61 Å². The van der Waals surface area contributed by atoms with Gasteiger partial charge in [-0.05, 0) is 37.5 Å². The van der Waals surface area contributed by atoms with Gasteiger partial charge in [-0.25, -0.2) is 0 Å². The van der Waals surface area contributed by atoms with Crippen LogP contribution >= 0.6 is 23.2 Å². The number of hydrogen-bond acceptors (Lipinski definition) is 2. The zero-order chi connectivity index (χ0) is 13.3. The molecule has 18 heavy (non-hydrogen) atoms. The molecule has 0 saturated carbocycles. The van der Waals surface area contributed by atoms with E-state index < -0.39 is 11.4 Å². The fraction of sp³-hybridized carbons (Fsp3) is 0.462. The lowest BCUT2D eigenvalue weighted by molar-refractivity contribution is -0.151. The van der Waals surface area contributed by atoms with Crippen molar-refractivity contribution < 1.29 is 14.6 Å². The molecule has 1 aromatic carbocycles. The highest BCUT2D eigenvalue weighted by atomic mass is 35.5. The van der Waals surface area contributed by atoms with E-state index >= 15 is 0 Å². The lowest BCUT2D eigenvalue weighted by Gasteiger charge is -2.28. The lowest BCUT2D eigenvalue weighted by Crippen LogP contribution is -2.39. The van der Waals surface area contributed by atoms with Gasteiger partial charge in [-0.15, -0.1) is 0 Å². The van der Waals surface area contributed by atoms with Gasteiger partial charge in [-0.2, -0.15) is 0 Å². The highest BCUT2D eigenvalue weighted by Gasteiger charge is 2.48. The Kier molecular flexibility index (Phi) is 3.85. The predicted octanol–water partition coefficient (Wildman–Crippen LogP) is 3.42. The summed E-state index contributed by atoms with van der Waals surface area (Å²) in [5.41, 5.74) is -0.255. The average molecular weight is 289 g/mol. The molecule has 1 N–H and O–H groups in total. The van der Waals surface area contributed by atoms with Crippen molar-refractivity contribution in [2.24, 2.45) is 5.41 Å². The lowest BCUT2D eigenvalue weighted by atomic mass is 9.76. The normalized spacial score (nSPS) is 27.4. The first-order chi connectivity index (χ1) is 8.47. The van der Waals surface area contributed by atoms with Crippen LogP contribution in [0.3, 0.4) is 0 Å². The van der Waals surface area contributed by atoms with Crippen molar-refractivity contribution in [1.29, 1.82) is 0 Å². The van der Waals surface area contributed by atoms with Gasteiger partial charge in [-0.3, -0.25) is 4.79 Å². The summed E-state index contributed by atoms with van der Waals surface area (Å²) in [4.78, 5) is 11.6. The topological polar surface area (TPSA) is 46.5 Å². The molecule has 0 bridgehead atoms. The van der Waals surface area contributed by atoms with Crippen LogP contribution in [0.4, 0.5) is 0 Å². The maximum atomic E-state index is 11.6. The van der Waals surface area contributed by atoms with Crippen molar-refractivity contribution >= 4 is 29.2 Å². The predicted molar refractivity (Wildman–Crippen MR) is 70.3 cm³/mol. The van der Waals surface area contributed by atoms with Crippen LogP contribution in [0, 0.1) is 5.41 Å². The van der Waals surface area contributed by atoms with Crippen LogP contribution < -0.4 is 0 Å². The van der Waals surface area contributed by atoms with Crippen molar-refractivity contribution in [3.05, 3.63) is 33.8 Å². The molecule has 1 saturated heterocycles. The van der Waals surface area contributed by atoms with Gasteiger partial charge in [0.05, 0.1) is 11.5 Å². The van der Waals surface area contributed by atoms with Crippen molar-refractivity contribution in [3.63, 3.8) is 0 Å². The Morgan fingerprint density at radius 2 is 2.11 bits per heavy atom. The van der Waals surface area contributed by atoms with E-state index in [0.717, 1.165) is 0 Å². The first-order valence-corrected chi connectivity index (χ1v) is 6.51. The molecule has 5 heteroatoms. The summed E-state index contributed by atoms with van der Waals surface area (Å²) >= 11 is 12.2. The molecule has 1 aromatic rings. The summed E-state index contributed by atoms with van der Waals surface area (Å²) in [5, 5.41) is 10.5. The maximum Gasteiger partial charge on any atom is 0.312 e. The number of rotatable bonds is 3. The Balaban J connectivity index is 2.39. The third kappa shape index (κ3) is 2.22. The Morgan fingerprint density at radius 1 is 1.50 bits per heavy atom. The molecule has 0 radical (unpaired) electrons. The zero-order valence-electron chi connectivity index (χ0n) is 9.95. The number of aliphatic carboxylic acids is 1. The minimum atomic E-state index is -0.936. The Morgan fingerprint density at radius 3 is 2.56 bits per heavy atom. The van der Waals surface area contributed by atoms with Crippen LogP contribution in [-0.4, -0.2) is 23.8 Å². The first-order valence-electron chi connectivity index (χ1n) is 5.75. The van der Waals surface area contributed by atoms with Gasteiger partial charge in [0.2, 0.25) is 0 Å². The summed E-state index contributed by atoms with van der Waals surface area (Å²) < 4.78 is 5.42. The van der Waals surface area contributed by atoms with Crippen LogP contribution in [0.15, 0.2) is 18.2 Å². The third-order valence-electron chi connectivity index (χ3n) is 3.67. The minimum absolute atomic E-state index is 0.294. The molecule has 2 atom stereocenters. The van der Waals surface area contributed by atoms with E-state index in [4.69, 9.17) is 27.9 Å². The van der Waals surface area contributed by atoms with Crippen molar-refractivity contribution in [2.45, 2.75) is 25.9 Å². The Bertz CT molecular complexity index is 455. The van der Waals surface area contributed by atoms with Crippen molar-refractivity contribution in [3.8, 4) is 0 Å². The largest absolute Gasteiger partial charge is 0.481 e. The average Bonchev–Trinajstić information content (AvgIpc) is 2.67. The summed E-state index contributed by atoms with van der Waals surface area (Å²) in [6.45, 7) is 2.24. The third-order valence-corrected chi connectivity index (χ3v) is 4.38. The number of carboxylic acids is 1. The smallest absolute Gasteiger partial charge is 0.312 e. The molecular formula is C13H14Cl2O3. The molecule has 1 aliphatic heterocycles. The Hall–Kier alpha value is -0.770. The fourth-order valence-electron chi connectivity index (χ4n) is 2.39. The molecule has 2 rings (SSSR count). The Labute approximate surface area is 116 Å². The summed E-state index contributed by atoms with van der Waals surface area (Å²) in [6, 6.07) is 5.19. The fourth-order valence-corrected chi connectivity index (χ4v) is 2.92. The molecule has 0 spiro atoms. The number of ether oxygens (including phenoxy) is 1. The van der Waals surface area contributed by atoms with E-state index in [-0.39, 0.29) is 6.10 Å². The zero-order valence-corrected chi connectivity index (χ0v) is 11.5. The van der Waals surface area contributed by atoms with Crippen LogP contribution in [0.2, 0.25) is 10.0 Å². The van der Waals surface area contributed by atoms with E-state index in [0.29, 0.717) is 35.1 Å². The molecule has 0 aromatic heterocycles. The van der Waals surface area contributed by atoms with Crippen molar-refractivity contribution in [1.82, 2.24) is 0 Å². The molecule has 3 nitrogen and oxygen atoms in total. The molecule has 0 amide bonds. The number of hydrogen-bond donors (Lipinski definition) is 1. The first kappa shape index (κ1) is 13.7. The summed E-state index contributed by atoms with van der Waals surface area (Å²) in [7, 11) is 0. The maximum absolute atomic E-state index is 11.6. The highest BCUT2D eigenvalue weighted by Crippen LogP contribution is 2.41. The SMILES string of the molecule is CC1OCCC1(Cc1c(Cl)cccc1Cl)C(=O)O. The molecule has 1 heterocycles. The molecule has 1 aliphatic rings. The summed E-state index contributed by atoms with van der Waals surface area (Å²) in [5.74, 6) is -0.858. The summed E-state index contributed by atoms with van der Waals surface area (Å²) in [6.07, 6.45) is 0.426. The van der Waals surface area contributed by atoms with Crippen LogP contribution in [0.25, 0.3) is 0 Å². The van der Waals surface area contributed by atoms with Gasteiger partial charge in [0.15, 0.2) is 0 Å². The molecule has 0 aliphatic carbocycles. The quantitative estimate of drug-likeness (QED) is 0.927. The van der Waals surface area contributed by atoms with Crippen LogP contribution in [-0.2, 0) is 16.0 Å². The second-order valence-electron chi connectivity index (χ2n) is 4.60. The van der Waals surface area contributed by atoms with E-state index in [9.17, 15) is 9.90 Å². The number of carboxylic acid groups (broad SMARTS) is 1. The van der Waals surface area contributed by atoms with Crippen LogP contribution in [0.1, 0.15) is 18.9 Å². The molecule has 98 valence electrons. The second-order valence-corrected chi connectivity index (χ2v) is 5.42. The van der Waals surface area contributed by atoms with E-state index in [1.807, 2.05) is 0 Å². The van der Waals surface area contributed by atoms with Gasteiger partial charge in [-0.1, -0.05) is 29.3 Å². The van der Waals surface area contributed by atoms with Gasteiger partial charge in [0.1, 0.15) is 0 Å². The van der Waals surface area contributed by atoms with E-state index in [2.05, 4.69) is 0 Å². The molecular weight excluding hydrogens is 275 g/mol. The standard InChI is InChI=1S/C13H14Cl2O3/c1-8-13(12(16)17,5-6-18-8)7-9-10(14)3-2-4-11(9)15/h2-4,8H,5-7H2,1H3,(H,16,17). The van der Waals surface area contributed by atoms with Gasteiger partial charge in [0.25, 0.3) is 0 Å². The van der Waals surface area contributed by atoms with Crippen LogP contribution in [0.5, 0.6) is 0 Å². The molecule has 2 unspecified atom stereocenters. The molecule has 1 fully saturated rings. The highest BCUT2D eigenvalue weighted by molar-refractivity contribution is 6.36. The number of halogens is 2. The van der Waals surface area contributed by atoms with Gasteiger partial charge >= 0.3 is 5.97 Å². The van der Waals surface area contributed by atoms with Gasteiger partial charge in [0, 0.05) is 16.7 Å². The number of carbonyl (C=O) groups is 1. The monoisotopic (exact) mass is 288 g/mol. The number of benzene rings is 1. The van der Waals surface area contributed by atoms with E-state index in [1.54, 1.807) is 25.1 Å². The minimum Gasteiger partial charge on any atom is -0.481 e. The second kappa shape index (κ2) is 5.08. The van der Waals surface area contributed by atoms with E-state index in [1.165, 1.54) is 0 Å². The van der Waals surface area contributed by atoms with Gasteiger partial charge < -0.3 is 9.84 Å².